The monoisotopic (exact) mass is 401 g/mol. The van der Waals surface area contributed by atoms with Gasteiger partial charge in [0, 0.05) is 6.54 Å². The quantitative estimate of drug-likeness (QED) is 0.633. The van der Waals surface area contributed by atoms with Gasteiger partial charge < -0.3 is 16.4 Å². The Morgan fingerprint density at radius 3 is 2.25 bits per heavy atom. The molecule has 0 bridgehead atoms. The molecule has 0 radical (unpaired) electrons. The fourth-order valence-electron chi connectivity index (χ4n) is 2.48. The Balaban J connectivity index is 2.12. The van der Waals surface area contributed by atoms with Crippen molar-refractivity contribution >= 4 is 29.3 Å². The average Bonchev–Trinajstić information content (AvgIpc) is 2.67. The maximum absolute atomic E-state index is 12.6. The summed E-state index contributed by atoms with van der Waals surface area (Å²) in [4.78, 5) is 36.5. The van der Waals surface area contributed by atoms with E-state index in [1.807, 2.05) is 30.3 Å². The fraction of sp³-hybridized carbons (Fsp3) is 0.286. The van der Waals surface area contributed by atoms with Gasteiger partial charge >= 0.3 is 0 Å². The predicted octanol–water partition coefficient (Wildman–Crippen LogP) is 2.83. The van der Waals surface area contributed by atoms with Crippen LogP contribution >= 0.6 is 11.6 Å². The van der Waals surface area contributed by atoms with Crippen molar-refractivity contribution in [3.05, 3.63) is 70.7 Å². The van der Waals surface area contributed by atoms with E-state index in [9.17, 15) is 14.4 Å². The number of rotatable bonds is 8. The van der Waals surface area contributed by atoms with Crippen molar-refractivity contribution in [2.45, 2.75) is 26.3 Å². The van der Waals surface area contributed by atoms with Gasteiger partial charge in [-0.25, -0.2) is 0 Å². The first-order valence-electron chi connectivity index (χ1n) is 8.87. The number of halogens is 1. The number of nitrogens with two attached hydrogens (primary N) is 1. The molecule has 2 aromatic carbocycles. The molecule has 0 heterocycles. The minimum atomic E-state index is -0.862. The molecule has 4 N–H and O–H groups in total. The molecular formula is C21H24ClN3O3. The SMILES string of the molecule is CC(C)(CNC(=O)CC(NC(=O)c1ccccc1Cl)c1ccccc1)C(N)=O. The number of hydrogen-bond donors (Lipinski definition) is 3. The number of benzene rings is 2. The van der Waals surface area contributed by atoms with Crippen LogP contribution in [0.3, 0.4) is 0 Å². The third kappa shape index (κ3) is 5.82. The van der Waals surface area contributed by atoms with Gasteiger partial charge in [0.2, 0.25) is 11.8 Å². The van der Waals surface area contributed by atoms with E-state index in [0.717, 1.165) is 5.56 Å². The minimum Gasteiger partial charge on any atom is -0.369 e. The van der Waals surface area contributed by atoms with Gasteiger partial charge in [0.1, 0.15) is 0 Å². The number of carbonyl (C=O) groups excluding carboxylic acids is 3. The second-order valence-corrected chi connectivity index (χ2v) is 7.55. The van der Waals surface area contributed by atoms with Gasteiger partial charge in [0.15, 0.2) is 0 Å². The predicted molar refractivity (Wildman–Crippen MR) is 109 cm³/mol. The Morgan fingerprint density at radius 1 is 1.04 bits per heavy atom. The van der Waals surface area contributed by atoms with Gasteiger partial charge in [-0.15, -0.1) is 0 Å². The molecule has 28 heavy (non-hydrogen) atoms. The summed E-state index contributed by atoms with van der Waals surface area (Å²) in [6, 6.07) is 15.3. The Hall–Kier alpha value is -2.86. The van der Waals surface area contributed by atoms with Gasteiger partial charge in [-0.2, -0.15) is 0 Å². The van der Waals surface area contributed by atoms with Gasteiger partial charge in [0.05, 0.1) is 28.5 Å². The first-order valence-corrected chi connectivity index (χ1v) is 9.25. The fourth-order valence-corrected chi connectivity index (χ4v) is 2.70. The highest BCUT2D eigenvalue weighted by Crippen LogP contribution is 2.20. The van der Waals surface area contributed by atoms with E-state index >= 15 is 0 Å². The molecule has 2 rings (SSSR count). The molecule has 0 aliphatic carbocycles. The number of carbonyl (C=O) groups is 3. The second-order valence-electron chi connectivity index (χ2n) is 7.15. The molecule has 3 amide bonds. The summed E-state index contributed by atoms with van der Waals surface area (Å²) in [5.74, 6) is -1.17. The maximum atomic E-state index is 12.6. The van der Waals surface area contributed by atoms with Crippen LogP contribution in [0.4, 0.5) is 0 Å². The number of nitrogens with one attached hydrogen (secondary N) is 2. The van der Waals surface area contributed by atoms with Crippen LogP contribution in [0.15, 0.2) is 54.6 Å². The Bertz CT molecular complexity index is 853. The average molecular weight is 402 g/mol. The van der Waals surface area contributed by atoms with E-state index in [1.54, 1.807) is 38.1 Å². The number of primary amides is 1. The van der Waals surface area contributed by atoms with Crippen LogP contribution in [-0.4, -0.2) is 24.3 Å². The van der Waals surface area contributed by atoms with Crippen LogP contribution in [-0.2, 0) is 9.59 Å². The van der Waals surface area contributed by atoms with E-state index in [4.69, 9.17) is 17.3 Å². The van der Waals surface area contributed by atoms with E-state index < -0.39 is 17.4 Å². The second kappa shape index (κ2) is 9.37. The molecule has 0 aromatic heterocycles. The zero-order valence-electron chi connectivity index (χ0n) is 15.9. The van der Waals surface area contributed by atoms with Crippen LogP contribution < -0.4 is 16.4 Å². The highest BCUT2D eigenvalue weighted by atomic mass is 35.5. The largest absolute Gasteiger partial charge is 0.369 e. The summed E-state index contributed by atoms with van der Waals surface area (Å²) in [5, 5.41) is 5.91. The lowest BCUT2D eigenvalue weighted by molar-refractivity contribution is -0.127. The molecule has 7 heteroatoms. The van der Waals surface area contributed by atoms with Gasteiger partial charge in [-0.1, -0.05) is 54.1 Å². The zero-order chi connectivity index (χ0) is 20.7. The van der Waals surface area contributed by atoms with E-state index in [2.05, 4.69) is 10.6 Å². The van der Waals surface area contributed by atoms with Crippen LogP contribution in [0.2, 0.25) is 5.02 Å². The van der Waals surface area contributed by atoms with Crippen molar-refractivity contribution in [2.24, 2.45) is 11.1 Å². The lowest BCUT2D eigenvalue weighted by atomic mass is 9.92. The Labute approximate surface area is 169 Å². The maximum Gasteiger partial charge on any atom is 0.253 e. The number of hydrogen-bond acceptors (Lipinski definition) is 3. The van der Waals surface area contributed by atoms with E-state index in [-0.39, 0.29) is 24.8 Å². The molecular weight excluding hydrogens is 378 g/mol. The summed E-state index contributed by atoms with van der Waals surface area (Å²) in [6.45, 7) is 3.42. The lowest BCUT2D eigenvalue weighted by Gasteiger charge is -2.23. The molecule has 0 aliphatic heterocycles. The van der Waals surface area contributed by atoms with Gasteiger partial charge in [0.25, 0.3) is 5.91 Å². The molecule has 1 atom stereocenters. The molecule has 0 spiro atoms. The van der Waals surface area contributed by atoms with Crippen molar-refractivity contribution in [2.75, 3.05) is 6.54 Å². The van der Waals surface area contributed by atoms with E-state index in [0.29, 0.717) is 10.6 Å². The van der Waals surface area contributed by atoms with Crippen LogP contribution in [0.5, 0.6) is 0 Å². The topological polar surface area (TPSA) is 101 Å². The molecule has 1 unspecified atom stereocenters. The standard InChI is InChI=1S/C21H24ClN3O3/c1-21(2,20(23)28)13-24-18(26)12-17(14-8-4-3-5-9-14)25-19(27)15-10-6-7-11-16(15)22/h3-11,17H,12-13H2,1-2H3,(H2,23,28)(H,24,26)(H,25,27). The van der Waals surface area contributed by atoms with Crippen molar-refractivity contribution in [3.63, 3.8) is 0 Å². The number of amides is 3. The molecule has 6 nitrogen and oxygen atoms in total. The normalized spacial score (nSPS) is 12.1. The first-order chi connectivity index (χ1) is 13.2. The molecule has 0 saturated heterocycles. The van der Waals surface area contributed by atoms with Crippen LogP contribution in [0, 0.1) is 5.41 Å². The van der Waals surface area contributed by atoms with Crippen molar-refractivity contribution < 1.29 is 14.4 Å². The molecule has 0 aliphatic rings. The molecule has 148 valence electrons. The molecule has 0 saturated carbocycles. The molecule has 2 aromatic rings. The smallest absolute Gasteiger partial charge is 0.253 e. The minimum absolute atomic E-state index is 0.00898. The Morgan fingerprint density at radius 2 is 1.64 bits per heavy atom. The van der Waals surface area contributed by atoms with E-state index in [1.165, 1.54) is 0 Å². The summed E-state index contributed by atoms with van der Waals surface area (Å²) < 4.78 is 0. The van der Waals surface area contributed by atoms with Crippen LogP contribution in [0.25, 0.3) is 0 Å². The van der Waals surface area contributed by atoms with Crippen molar-refractivity contribution in [3.8, 4) is 0 Å². The van der Waals surface area contributed by atoms with Crippen molar-refractivity contribution in [1.29, 1.82) is 0 Å². The highest BCUT2D eigenvalue weighted by molar-refractivity contribution is 6.33. The third-order valence-corrected chi connectivity index (χ3v) is 4.74. The lowest BCUT2D eigenvalue weighted by Crippen LogP contribution is -2.43. The zero-order valence-corrected chi connectivity index (χ0v) is 16.6. The first kappa shape index (κ1) is 21.4. The molecule has 0 fully saturated rings. The third-order valence-electron chi connectivity index (χ3n) is 4.41. The van der Waals surface area contributed by atoms with Gasteiger partial charge in [-0.3, -0.25) is 14.4 Å². The summed E-state index contributed by atoms with van der Waals surface area (Å²) >= 11 is 6.10. The van der Waals surface area contributed by atoms with Crippen LogP contribution in [0.1, 0.15) is 42.2 Å². The van der Waals surface area contributed by atoms with Gasteiger partial charge in [-0.05, 0) is 31.5 Å². The van der Waals surface area contributed by atoms with Crippen molar-refractivity contribution in [1.82, 2.24) is 10.6 Å². The Kier molecular flexibility index (Phi) is 7.18. The summed E-state index contributed by atoms with van der Waals surface area (Å²) in [6.07, 6.45) is 0.00898. The summed E-state index contributed by atoms with van der Waals surface area (Å²) in [7, 11) is 0. The highest BCUT2D eigenvalue weighted by Gasteiger charge is 2.26. The summed E-state index contributed by atoms with van der Waals surface area (Å²) in [5.41, 5.74) is 5.59.